The minimum Gasteiger partial charge on any atom is -0.484 e. The predicted octanol–water partition coefficient (Wildman–Crippen LogP) is 2.23. The van der Waals surface area contributed by atoms with Gasteiger partial charge in [0.15, 0.2) is 12.3 Å². The molecule has 0 radical (unpaired) electrons. The van der Waals surface area contributed by atoms with E-state index in [0.29, 0.717) is 18.8 Å². The molecule has 180 valence electrons. The number of nitrogens with zero attached hydrogens (tertiary/aromatic N) is 2. The normalized spacial score (nSPS) is 10.8. The molecule has 34 heavy (non-hydrogen) atoms. The van der Waals surface area contributed by atoms with Gasteiger partial charge in [-0.3, -0.25) is 19.1 Å². The van der Waals surface area contributed by atoms with Crippen LogP contribution in [0.3, 0.4) is 0 Å². The third kappa shape index (κ3) is 5.93. The van der Waals surface area contributed by atoms with E-state index in [9.17, 15) is 14.4 Å². The number of ether oxygens (including phenoxy) is 2. The quantitative estimate of drug-likeness (QED) is 0.442. The highest BCUT2D eigenvalue weighted by Crippen LogP contribution is 2.20. The number of aryl methyl sites for hydroxylation is 2. The van der Waals surface area contributed by atoms with Gasteiger partial charge in [0.1, 0.15) is 11.6 Å². The van der Waals surface area contributed by atoms with Crippen LogP contribution >= 0.6 is 0 Å². The first kappa shape index (κ1) is 24.8. The number of H-pyrrole nitrogens is 1. The zero-order valence-corrected chi connectivity index (χ0v) is 19.7. The highest BCUT2D eigenvalue weighted by Gasteiger charge is 2.24. The zero-order chi connectivity index (χ0) is 24.7. The maximum atomic E-state index is 13.2. The Morgan fingerprint density at radius 1 is 1.09 bits per heavy atom. The van der Waals surface area contributed by atoms with Crippen LogP contribution in [-0.2, 0) is 16.1 Å². The molecule has 3 aromatic rings. The molecule has 3 N–H and O–H groups in total. The number of nitrogens with two attached hydrogens (primary N) is 1. The first-order valence-corrected chi connectivity index (χ1v) is 11.0. The summed E-state index contributed by atoms with van der Waals surface area (Å²) in [5.74, 6) is -0.00443. The van der Waals surface area contributed by atoms with Crippen LogP contribution < -0.4 is 26.6 Å². The Balaban J connectivity index is 1.93. The second-order valence-electron chi connectivity index (χ2n) is 7.99. The van der Waals surface area contributed by atoms with Crippen molar-refractivity contribution in [1.29, 1.82) is 0 Å². The highest BCUT2D eigenvalue weighted by molar-refractivity contribution is 5.96. The van der Waals surface area contributed by atoms with Gasteiger partial charge in [-0.25, -0.2) is 4.79 Å². The molecule has 0 saturated heterocycles. The van der Waals surface area contributed by atoms with Gasteiger partial charge in [-0.1, -0.05) is 36.4 Å². The molecular formula is C25H30N4O5. The van der Waals surface area contributed by atoms with Crippen molar-refractivity contribution in [1.82, 2.24) is 9.55 Å². The van der Waals surface area contributed by atoms with Crippen molar-refractivity contribution >= 4 is 17.4 Å². The van der Waals surface area contributed by atoms with Gasteiger partial charge >= 0.3 is 5.69 Å². The van der Waals surface area contributed by atoms with E-state index in [1.807, 2.05) is 56.3 Å². The third-order valence-corrected chi connectivity index (χ3v) is 5.54. The smallest absolute Gasteiger partial charge is 0.330 e. The summed E-state index contributed by atoms with van der Waals surface area (Å²) in [6, 6.07) is 14.8. The molecule has 3 rings (SSSR count). The Morgan fingerprint density at radius 2 is 1.82 bits per heavy atom. The molecular weight excluding hydrogens is 436 g/mol. The van der Waals surface area contributed by atoms with Crippen molar-refractivity contribution in [3.05, 3.63) is 86.1 Å². The molecule has 0 unspecified atom stereocenters. The SMILES string of the molecule is COCCCN(C(=O)COc1ccc(C)c(C)c1)c1c(N)n(Cc2ccccc2)c(=O)[nH]c1=O. The van der Waals surface area contributed by atoms with Crippen LogP contribution in [0.15, 0.2) is 58.1 Å². The number of nitrogens with one attached hydrogen (secondary N) is 1. The summed E-state index contributed by atoms with van der Waals surface area (Å²) in [4.78, 5) is 42.0. The van der Waals surface area contributed by atoms with Crippen LogP contribution in [0.4, 0.5) is 11.5 Å². The van der Waals surface area contributed by atoms with E-state index < -0.39 is 17.2 Å². The van der Waals surface area contributed by atoms with Gasteiger partial charge in [-0.15, -0.1) is 0 Å². The molecule has 0 saturated carbocycles. The summed E-state index contributed by atoms with van der Waals surface area (Å²) in [6.45, 7) is 4.34. The van der Waals surface area contributed by atoms with Crippen molar-refractivity contribution in [2.24, 2.45) is 0 Å². The number of rotatable bonds is 10. The van der Waals surface area contributed by atoms with Crippen molar-refractivity contribution in [3.8, 4) is 5.75 Å². The molecule has 0 aliphatic rings. The van der Waals surface area contributed by atoms with Crippen molar-refractivity contribution in [2.75, 3.05) is 37.5 Å². The Morgan fingerprint density at radius 3 is 2.50 bits per heavy atom. The van der Waals surface area contributed by atoms with Gasteiger partial charge in [0, 0.05) is 20.3 Å². The number of methoxy groups -OCH3 is 1. The lowest BCUT2D eigenvalue weighted by Crippen LogP contribution is -2.43. The van der Waals surface area contributed by atoms with Gasteiger partial charge in [-0.05, 0) is 49.1 Å². The van der Waals surface area contributed by atoms with E-state index in [0.717, 1.165) is 16.7 Å². The number of carbonyl (C=O) groups is 1. The number of anilines is 2. The van der Waals surface area contributed by atoms with Gasteiger partial charge in [0.05, 0.1) is 6.54 Å². The lowest BCUT2D eigenvalue weighted by molar-refractivity contribution is -0.120. The standard InChI is InChI=1S/C25H30N4O5/c1-17-10-11-20(14-18(17)2)34-16-21(30)28(12-7-13-33-3)22-23(26)29(25(32)27-24(22)31)15-19-8-5-4-6-9-19/h4-6,8-11,14H,7,12-13,15-16,26H2,1-3H3,(H,27,31,32). The molecule has 9 nitrogen and oxygen atoms in total. The monoisotopic (exact) mass is 466 g/mol. The summed E-state index contributed by atoms with van der Waals surface area (Å²) >= 11 is 0. The minimum absolute atomic E-state index is 0.0830. The molecule has 1 heterocycles. The molecule has 0 spiro atoms. The van der Waals surface area contributed by atoms with Crippen LogP contribution in [0.2, 0.25) is 0 Å². The molecule has 0 aliphatic heterocycles. The van der Waals surface area contributed by atoms with Crippen LogP contribution in [0.5, 0.6) is 5.75 Å². The summed E-state index contributed by atoms with van der Waals surface area (Å²) < 4.78 is 12.0. The number of nitrogen functional groups attached to an aromatic ring is 1. The first-order valence-electron chi connectivity index (χ1n) is 11.0. The van der Waals surface area contributed by atoms with Crippen LogP contribution in [0.1, 0.15) is 23.1 Å². The summed E-state index contributed by atoms with van der Waals surface area (Å²) in [6.07, 6.45) is 0.461. The third-order valence-electron chi connectivity index (χ3n) is 5.54. The minimum atomic E-state index is -0.733. The first-order chi connectivity index (χ1) is 16.3. The van der Waals surface area contributed by atoms with Crippen LogP contribution in [0, 0.1) is 13.8 Å². The second kappa shape index (κ2) is 11.3. The van der Waals surface area contributed by atoms with E-state index >= 15 is 0 Å². The Kier molecular flexibility index (Phi) is 8.26. The second-order valence-corrected chi connectivity index (χ2v) is 7.99. The van der Waals surface area contributed by atoms with Crippen LogP contribution in [-0.4, -0.2) is 42.3 Å². The fourth-order valence-corrected chi connectivity index (χ4v) is 3.52. The van der Waals surface area contributed by atoms with E-state index in [2.05, 4.69) is 4.98 Å². The molecule has 0 bridgehead atoms. The molecule has 0 fully saturated rings. The van der Waals surface area contributed by atoms with Crippen LogP contribution in [0.25, 0.3) is 0 Å². The van der Waals surface area contributed by atoms with Crippen molar-refractivity contribution < 1.29 is 14.3 Å². The van der Waals surface area contributed by atoms with Crippen molar-refractivity contribution in [3.63, 3.8) is 0 Å². The summed E-state index contributed by atoms with van der Waals surface area (Å²) in [5.41, 5.74) is 7.81. The van der Waals surface area contributed by atoms with Gasteiger partial charge in [0.25, 0.3) is 11.5 Å². The molecule has 9 heteroatoms. The number of benzene rings is 2. The molecule has 1 amide bonds. The maximum absolute atomic E-state index is 13.2. The van der Waals surface area contributed by atoms with E-state index in [1.54, 1.807) is 13.2 Å². The number of hydrogen-bond donors (Lipinski definition) is 2. The average molecular weight is 467 g/mol. The van der Waals surface area contributed by atoms with Crippen molar-refractivity contribution in [2.45, 2.75) is 26.8 Å². The van der Waals surface area contributed by atoms with E-state index in [-0.39, 0.29) is 31.2 Å². The number of aromatic amines is 1. The van der Waals surface area contributed by atoms with Gasteiger partial charge in [0.2, 0.25) is 0 Å². The summed E-state index contributed by atoms with van der Waals surface area (Å²) in [5, 5.41) is 0. The number of hydrogen-bond acceptors (Lipinski definition) is 6. The van der Waals surface area contributed by atoms with Gasteiger partial charge in [-0.2, -0.15) is 0 Å². The largest absolute Gasteiger partial charge is 0.484 e. The Bertz CT molecular complexity index is 1250. The fraction of sp³-hybridized carbons (Fsp3) is 0.320. The zero-order valence-electron chi connectivity index (χ0n) is 19.7. The maximum Gasteiger partial charge on any atom is 0.330 e. The van der Waals surface area contributed by atoms with E-state index in [4.69, 9.17) is 15.2 Å². The van der Waals surface area contributed by atoms with Gasteiger partial charge < -0.3 is 20.1 Å². The lowest BCUT2D eigenvalue weighted by Gasteiger charge is -2.24. The highest BCUT2D eigenvalue weighted by atomic mass is 16.5. The number of aromatic nitrogens is 2. The molecule has 0 atom stereocenters. The Labute approximate surface area is 197 Å². The topological polar surface area (TPSA) is 120 Å². The molecule has 1 aromatic heterocycles. The Hall–Kier alpha value is -3.85. The average Bonchev–Trinajstić information content (AvgIpc) is 2.82. The van der Waals surface area contributed by atoms with E-state index in [1.165, 1.54) is 9.47 Å². The fourth-order valence-electron chi connectivity index (χ4n) is 3.52. The number of carbonyl (C=O) groups excluding carboxylic acids is 1. The number of amides is 1. The summed E-state index contributed by atoms with van der Waals surface area (Å²) in [7, 11) is 1.55. The molecule has 0 aliphatic carbocycles. The molecule has 2 aromatic carbocycles. The predicted molar refractivity (Wildman–Crippen MR) is 132 cm³/mol. The lowest BCUT2D eigenvalue weighted by atomic mass is 10.1.